The molecule has 2 fully saturated rings. The van der Waals surface area contributed by atoms with Crippen LogP contribution in [-0.2, 0) is 9.05 Å². The van der Waals surface area contributed by atoms with Crippen molar-refractivity contribution in [1.82, 2.24) is 4.67 Å². The van der Waals surface area contributed by atoms with Crippen LogP contribution in [-0.4, -0.2) is 39.5 Å². The molecule has 1 aliphatic carbocycles. The Morgan fingerprint density at radius 1 is 1.30 bits per heavy atom. The monoisotopic (exact) mass is 376 g/mol. The van der Waals surface area contributed by atoms with Crippen molar-refractivity contribution >= 4 is 30.1 Å². The van der Waals surface area contributed by atoms with Crippen molar-refractivity contribution < 1.29 is 9.05 Å². The van der Waals surface area contributed by atoms with E-state index < -0.39 is 8.53 Å². The Bertz CT molecular complexity index is 419. The Labute approximate surface area is 150 Å². The van der Waals surface area contributed by atoms with Gasteiger partial charge in [-0.2, -0.15) is 5.26 Å². The quantitative estimate of drug-likeness (QED) is 0.323. The Morgan fingerprint density at radius 3 is 2.43 bits per heavy atom. The fraction of sp³-hybridized carbons (Fsp3) is 0.938. The van der Waals surface area contributed by atoms with E-state index in [1.54, 1.807) is 0 Å². The standard InChI is InChI=1S/C16H29N2O2PS2/c1-12(2)18(13(3)4)21(19-11-7-10-17)20-15-14(5)22-23-16(15)8-6-9-16/h12-15H,6-9,11H2,1-5H3/t14-,15-,21?/m1/s1. The summed E-state index contributed by atoms with van der Waals surface area (Å²) >= 11 is 0. The molecule has 1 saturated heterocycles. The third-order valence-corrected chi connectivity index (χ3v) is 10.3. The number of hydrogen-bond acceptors (Lipinski definition) is 6. The SMILES string of the molecule is CC(C)N(C(C)C)P(OCCC#N)O[C@@H]1[C@@H](C)SSC12CCC2. The summed E-state index contributed by atoms with van der Waals surface area (Å²) in [7, 11) is 2.86. The highest BCUT2D eigenvalue weighted by Gasteiger charge is 2.54. The van der Waals surface area contributed by atoms with E-state index >= 15 is 0 Å². The average Bonchev–Trinajstić information content (AvgIpc) is 2.75. The molecule has 0 N–H and O–H groups in total. The molecule has 132 valence electrons. The Kier molecular flexibility index (Phi) is 7.53. The molecule has 2 aliphatic rings. The van der Waals surface area contributed by atoms with E-state index in [0.717, 1.165) is 0 Å². The van der Waals surface area contributed by atoms with Gasteiger partial charge in [-0.15, -0.1) is 0 Å². The number of hydrogen-bond donors (Lipinski definition) is 0. The lowest BCUT2D eigenvalue weighted by atomic mass is 9.79. The van der Waals surface area contributed by atoms with Crippen LogP contribution >= 0.6 is 30.1 Å². The summed E-state index contributed by atoms with van der Waals surface area (Å²) in [5.41, 5.74) is 0. The molecule has 7 heteroatoms. The van der Waals surface area contributed by atoms with E-state index in [1.165, 1.54) is 19.3 Å². The Balaban J connectivity index is 2.11. The number of nitriles is 1. The first-order valence-electron chi connectivity index (χ1n) is 8.51. The molecule has 0 amide bonds. The molecular formula is C16H29N2O2PS2. The lowest BCUT2D eigenvalue weighted by Crippen LogP contribution is -2.47. The van der Waals surface area contributed by atoms with E-state index in [9.17, 15) is 0 Å². The fourth-order valence-corrected chi connectivity index (χ4v) is 8.97. The lowest BCUT2D eigenvalue weighted by Gasteiger charge is -2.45. The molecule has 0 radical (unpaired) electrons. The van der Waals surface area contributed by atoms with Gasteiger partial charge in [-0.3, -0.25) is 0 Å². The van der Waals surface area contributed by atoms with Gasteiger partial charge in [0.1, 0.15) is 0 Å². The zero-order chi connectivity index (χ0) is 17.0. The zero-order valence-electron chi connectivity index (χ0n) is 14.8. The molecule has 0 aromatic carbocycles. The molecule has 1 saturated carbocycles. The van der Waals surface area contributed by atoms with Gasteiger partial charge in [0.25, 0.3) is 8.53 Å². The molecule has 3 atom stereocenters. The second kappa shape index (κ2) is 8.74. The van der Waals surface area contributed by atoms with Crippen molar-refractivity contribution in [3.05, 3.63) is 0 Å². The predicted molar refractivity (Wildman–Crippen MR) is 101 cm³/mol. The molecule has 1 aliphatic heterocycles. The molecule has 0 aromatic heterocycles. The molecule has 1 spiro atoms. The smallest absolute Gasteiger partial charge is 0.259 e. The minimum atomic E-state index is -1.13. The summed E-state index contributed by atoms with van der Waals surface area (Å²) in [6, 6.07) is 2.88. The van der Waals surface area contributed by atoms with Crippen molar-refractivity contribution in [3.8, 4) is 6.07 Å². The Morgan fingerprint density at radius 2 is 1.96 bits per heavy atom. The number of rotatable bonds is 8. The Hall–Kier alpha value is 0.500. The first-order chi connectivity index (χ1) is 10.9. The highest BCUT2D eigenvalue weighted by atomic mass is 33.1. The summed E-state index contributed by atoms with van der Waals surface area (Å²) in [6.07, 6.45) is 4.49. The minimum absolute atomic E-state index is 0.249. The summed E-state index contributed by atoms with van der Waals surface area (Å²) in [4.78, 5) is 0. The van der Waals surface area contributed by atoms with Gasteiger partial charge in [0.15, 0.2) is 0 Å². The molecule has 1 unspecified atom stereocenters. The first kappa shape index (κ1) is 19.8. The average molecular weight is 377 g/mol. The van der Waals surface area contributed by atoms with Crippen LogP contribution in [0.4, 0.5) is 0 Å². The van der Waals surface area contributed by atoms with E-state index in [0.29, 0.717) is 35.1 Å². The predicted octanol–water partition coefficient (Wildman–Crippen LogP) is 5.35. The third kappa shape index (κ3) is 4.57. The number of nitrogens with zero attached hydrogens (tertiary/aromatic N) is 2. The van der Waals surface area contributed by atoms with E-state index in [1.807, 2.05) is 21.6 Å². The van der Waals surface area contributed by atoms with Crippen LogP contribution in [0.1, 0.15) is 60.3 Å². The van der Waals surface area contributed by atoms with Crippen LogP contribution in [0.2, 0.25) is 0 Å². The molecule has 0 bridgehead atoms. The highest BCUT2D eigenvalue weighted by Crippen LogP contribution is 2.64. The maximum Gasteiger partial charge on any atom is 0.259 e. The second-order valence-corrected chi connectivity index (χ2v) is 11.3. The van der Waals surface area contributed by atoms with Crippen LogP contribution in [0.25, 0.3) is 0 Å². The van der Waals surface area contributed by atoms with Crippen molar-refractivity contribution in [3.63, 3.8) is 0 Å². The van der Waals surface area contributed by atoms with Gasteiger partial charge in [-0.1, -0.05) is 28.0 Å². The van der Waals surface area contributed by atoms with E-state index in [4.69, 9.17) is 14.3 Å². The van der Waals surface area contributed by atoms with Gasteiger partial charge in [0.2, 0.25) is 0 Å². The second-order valence-electron chi connectivity index (χ2n) is 6.88. The zero-order valence-corrected chi connectivity index (χ0v) is 17.3. The first-order valence-corrected chi connectivity index (χ1v) is 11.8. The van der Waals surface area contributed by atoms with Crippen LogP contribution < -0.4 is 0 Å². The van der Waals surface area contributed by atoms with Gasteiger partial charge < -0.3 is 9.05 Å². The van der Waals surface area contributed by atoms with Gasteiger partial charge in [-0.05, 0) is 47.5 Å². The lowest BCUT2D eigenvalue weighted by molar-refractivity contribution is 0.0831. The maximum atomic E-state index is 8.81. The summed E-state index contributed by atoms with van der Waals surface area (Å²) in [5.74, 6) is 0. The van der Waals surface area contributed by atoms with Crippen LogP contribution in [0.5, 0.6) is 0 Å². The molecule has 4 nitrogen and oxygen atoms in total. The molecular weight excluding hydrogens is 347 g/mol. The van der Waals surface area contributed by atoms with Crippen molar-refractivity contribution in [2.75, 3.05) is 6.61 Å². The molecule has 1 heterocycles. The van der Waals surface area contributed by atoms with Crippen molar-refractivity contribution in [2.24, 2.45) is 0 Å². The minimum Gasteiger partial charge on any atom is -0.321 e. The van der Waals surface area contributed by atoms with Crippen LogP contribution in [0, 0.1) is 11.3 Å². The highest BCUT2D eigenvalue weighted by molar-refractivity contribution is 8.78. The molecule has 23 heavy (non-hydrogen) atoms. The van der Waals surface area contributed by atoms with Gasteiger partial charge >= 0.3 is 0 Å². The van der Waals surface area contributed by atoms with Gasteiger partial charge in [0.05, 0.1) is 29.9 Å². The topological polar surface area (TPSA) is 45.5 Å². The fourth-order valence-electron chi connectivity index (χ4n) is 3.16. The maximum absolute atomic E-state index is 8.81. The van der Waals surface area contributed by atoms with Crippen LogP contribution in [0.15, 0.2) is 0 Å². The van der Waals surface area contributed by atoms with E-state index in [-0.39, 0.29) is 6.10 Å². The van der Waals surface area contributed by atoms with Gasteiger partial charge in [0, 0.05) is 17.3 Å². The van der Waals surface area contributed by atoms with Crippen molar-refractivity contribution in [2.45, 2.75) is 88.5 Å². The third-order valence-electron chi connectivity index (χ3n) is 4.38. The van der Waals surface area contributed by atoms with Gasteiger partial charge in [-0.25, -0.2) is 4.67 Å². The summed E-state index contributed by atoms with van der Waals surface area (Å²) < 4.78 is 15.3. The summed E-state index contributed by atoms with van der Waals surface area (Å²) in [5, 5.41) is 9.30. The van der Waals surface area contributed by atoms with E-state index in [2.05, 4.69) is 45.4 Å². The van der Waals surface area contributed by atoms with Crippen molar-refractivity contribution in [1.29, 1.82) is 5.26 Å². The normalized spacial score (nSPS) is 27.6. The summed E-state index contributed by atoms with van der Waals surface area (Å²) in [6.45, 7) is 11.5. The van der Waals surface area contributed by atoms with Crippen LogP contribution in [0.3, 0.4) is 0 Å². The molecule has 2 rings (SSSR count). The molecule has 0 aromatic rings. The largest absolute Gasteiger partial charge is 0.321 e.